The van der Waals surface area contributed by atoms with Crippen LogP contribution in [0.4, 0.5) is 5.95 Å². The summed E-state index contributed by atoms with van der Waals surface area (Å²) in [5.41, 5.74) is 5.30. The number of aliphatic hydroxyl groups is 2. The van der Waals surface area contributed by atoms with Gasteiger partial charge in [0.1, 0.15) is 11.9 Å². The molecule has 2 aromatic heterocycles. The van der Waals surface area contributed by atoms with E-state index >= 15 is 0 Å². The average Bonchev–Trinajstić information content (AvgIpc) is 2.92. The van der Waals surface area contributed by atoms with Gasteiger partial charge in [-0.05, 0) is 6.08 Å². The fraction of sp³-hybridized carbons (Fsp3) is 0.300. The molecule has 2 atom stereocenters. The molecule has 1 aliphatic rings. The molecule has 5 N–H and O–H groups in total. The normalized spacial score (nSPS) is 22.9. The first kappa shape index (κ1) is 11.7. The number of aromatic nitrogens is 4. The van der Waals surface area contributed by atoms with Gasteiger partial charge in [-0.3, -0.25) is 14.3 Å². The van der Waals surface area contributed by atoms with Crippen molar-refractivity contribution in [2.24, 2.45) is 0 Å². The van der Waals surface area contributed by atoms with E-state index in [1.165, 1.54) is 17.0 Å². The van der Waals surface area contributed by atoms with Gasteiger partial charge in [-0.15, -0.1) is 0 Å². The minimum Gasteiger partial charge on any atom is -0.508 e. The maximum atomic E-state index is 11.6. The van der Waals surface area contributed by atoms with Crippen LogP contribution in [-0.4, -0.2) is 42.4 Å². The number of ether oxygens (including phenoxy) is 1. The van der Waals surface area contributed by atoms with Gasteiger partial charge in [-0.1, -0.05) is 0 Å². The number of hydrogen-bond acceptors (Lipinski definition) is 7. The number of nitrogens with one attached hydrogen (secondary N) is 1. The number of anilines is 1. The summed E-state index contributed by atoms with van der Waals surface area (Å²) < 4.78 is 6.77. The number of aliphatic hydroxyl groups excluding tert-OH is 2. The van der Waals surface area contributed by atoms with Gasteiger partial charge in [0.2, 0.25) is 5.95 Å². The molecule has 0 saturated carbocycles. The maximum absolute atomic E-state index is 11.6. The molecule has 2 aromatic rings. The number of nitrogens with two attached hydrogens (primary N) is 1. The Kier molecular flexibility index (Phi) is 2.50. The van der Waals surface area contributed by atoms with Gasteiger partial charge in [0.15, 0.2) is 17.4 Å². The zero-order valence-electron chi connectivity index (χ0n) is 9.65. The van der Waals surface area contributed by atoms with E-state index in [9.17, 15) is 9.90 Å². The first-order valence-corrected chi connectivity index (χ1v) is 5.49. The average molecular weight is 265 g/mol. The topological polar surface area (TPSA) is 139 Å². The molecule has 1 aliphatic heterocycles. The molecule has 19 heavy (non-hydrogen) atoms. The number of nitrogen functional groups attached to an aromatic ring is 1. The quantitative estimate of drug-likeness (QED) is 0.548. The zero-order valence-corrected chi connectivity index (χ0v) is 9.65. The van der Waals surface area contributed by atoms with Crippen LogP contribution in [0.3, 0.4) is 0 Å². The van der Waals surface area contributed by atoms with Crippen molar-refractivity contribution in [3.8, 4) is 0 Å². The molecule has 100 valence electrons. The van der Waals surface area contributed by atoms with Crippen LogP contribution in [0.5, 0.6) is 0 Å². The highest BCUT2D eigenvalue weighted by Gasteiger charge is 2.29. The third kappa shape index (κ3) is 1.75. The molecule has 3 heterocycles. The SMILES string of the molecule is Nc1nc2c(ncn2[C@@H]2O[C@H](CO)C=C2O)c(=O)[nH]1. The number of H-pyrrole nitrogens is 1. The Balaban J connectivity index is 2.12. The second-order valence-corrected chi connectivity index (χ2v) is 4.08. The van der Waals surface area contributed by atoms with Crippen molar-refractivity contribution < 1.29 is 14.9 Å². The lowest BCUT2D eigenvalue weighted by Gasteiger charge is -2.15. The highest BCUT2D eigenvalue weighted by molar-refractivity contribution is 5.70. The van der Waals surface area contributed by atoms with Crippen LogP contribution in [0.15, 0.2) is 23.0 Å². The van der Waals surface area contributed by atoms with E-state index in [0.717, 1.165) is 0 Å². The highest BCUT2D eigenvalue weighted by Crippen LogP contribution is 2.28. The molecule has 0 amide bonds. The predicted octanol–water partition coefficient (Wildman–Crippen LogP) is -0.967. The lowest BCUT2D eigenvalue weighted by Crippen LogP contribution is -2.18. The van der Waals surface area contributed by atoms with Gasteiger partial charge < -0.3 is 20.7 Å². The molecule has 0 bridgehead atoms. The monoisotopic (exact) mass is 265 g/mol. The summed E-state index contributed by atoms with van der Waals surface area (Å²) in [6.07, 6.45) is 1.21. The van der Waals surface area contributed by atoms with Crippen LogP contribution in [-0.2, 0) is 4.74 Å². The van der Waals surface area contributed by atoms with E-state index < -0.39 is 17.9 Å². The number of imidazole rings is 1. The summed E-state index contributed by atoms with van der Waals surface area (Å²) >= 11 is 0. The molecule has 9 heteroatoms. The zero-order chi connectivity index (χ0) is 13.6. The van der Waals surface area contributed by atoms with Crippen molar-refractivity contribution in [3.05, 3.63) is 28.5 Å². The van der Waals surface area contributed by atoms with E-state index in [2.05, 4.69) is 15.0 Å². The molecule has 0 spiro atoms. The van der Waals surface area contributed by atoms with Crippen molar-refractivity contribution in [1.29, 1.82) is 0 Å². The van der Waals surface area contributed by atoms with Gasteiger partial charge >= 0.3 is 0 Å². The van der Waals surface area contributed by atoms with Crippen molar-refractivity contribution in [2.75, 3.05) is 12.3 Å². The van der Waals surface area contributed by atoms with Crippen LogP contribution in [0.1, 0.15) is 6.23 Å². The minimum atomic E-state index is -0.879. The Bertz CT molecular complexity index is 718. The third-order valence-corrected chi connectivity index (χ3v) is 2.80. The number of rotatable bonds is 2. The summed E-state index contributed by atoms with van der Waals surface area (Å²) in [5, 5.41) is 18.8. The number of hydrogen-bond donors (Lipinski definition) is 4. The Morgan fingerprint density at radius 2 is 2.37 bits per heavy atom. The van der Waals surface area contributed by atoms with Crippen molar-refractivity contribution in [2.45, 2.75) is 12.3 Å². The molecular weight excluding hydrogens is 254 g/mol. The highest BCUT2D eigenvalue weighted by atomic mass is 16.5. The van der Waals surface area contributed by atoms with Gasteiger partial charge in [-0.25, -0.2) is 4.98 Å². The lowest BCUT2D eigenvalue weighted by molar-refractivity contribution is -0.0233. The molecule has 0 radical (unpaired) electrons. The summed E-state index contributed by atoms with van der Waals surface area (Å²) in [6, 6.07) is 0. The lowest BCUT2D eigenvalue weighted by atomic mass is 10.3. The Morgan fingerprint density at radius 3 is 3.05 bits per heavy atom. The molecule has 0 aliphatic carbocycles. The fourth-order valence-electron chi connectivity index (χ4n) is 1.97. The van der Waals surface area contributed by atoms with Gasteiger partial charge in [0.05, 0.1) is 12.9 Å². The molecule has 9 nitrogen and oxygen atoms in total. The van der Waals surface area contributed by atoms with Crippen molar-refractivity contribution in [1.82, 2.24) is 19.5 Å². The van der Waals surface area contributed by atoms with Crippen LogP contribution < -0.4 is 11.3 Å². The van der Waals surface area contributed by atoms with Crippen LogP contribution in [0.25, 0.3) is 11.2 Å². The van der Waals surface area contributed by atoms with E-state index in [0.29, 0.717) is 0 Å². The molecule has 0 unspecified atom stereocenters. The van der Waals surface area contributed by atoms with Crippen LogP contribution in [0.2, 0.25) is 0 Å². The maximum Gasteiger partial charge on any atom is 0.280 e. The molecular formula is C10H11N5O4. The van der Waals surface area contributed by atoms with Gasteiger partial charge in [-0.2, -0.15) is 4.98 Å². The second-order valence-electron chi connectivity index (χ2n) is 4.08. The van der Waals surface area contributed by atoms with E-state index in [1.54, 1.807) is 0 Å². The first-order valence-electron chi connectivity index (χ1n) is 5.49. The Labute approximate surface area is 106 Å². The number of nitrogens with zero attached hydrogens (tertiary/aromatic N) is 3. The largest absolute Gasteiger partial charge is 0.508 e. The van der Waals surface area contributed by atoms with E-state index in [4.69, 9.17) is 15.6 Å². The van der Waals surface area contributed by atoms with E-state index in [-0.39, 0.29) is 29.5 Å². The van der Waals surface area contributed by atoms with Gasteiger partial charge in [0.25, 0.3) is 5.56 Å². The fourth-order valence-corrected chi connectivity index (χ4v) is 1.97. The van der Waals surface area contributed by atoms with E-state index in [1.807, 2.05) is 0 Å². The smallest absolute Gasteiger partial charge is 0.280 e. The molecule has 0 saturated heterocycles. The molecule has 0 fully saturated rings. The Hall–Kier alpha value is -2.39. The summed E-state index contributed by atoms with van der Waals surface area (Å²) in [7, 11) is 0. The second kappa shape index (κ2) is 4.07. The molecule has 3 rings (SSSR count). The number of fused-ring (bicyclic) bond motifs is 1. The first-order chi connectivity index (χ1) is 9.10. The third-order valence-electron chi connectivity index (χ3n) is 2.80. The summed E-state index contributed by atoms with van der Waals surface area (Å²) in [4.78, 5) is 21.8. The summed E-state index contributed by atoms with van der Waals surface area (Å²) in [5.74, 6) is -0.140. The van der Waals surface area contributed by atoms with Crippen LogP contribution >= 0.6 is 0 Å². The standard InChI is InChI=1S/C10H11N5O4/c11-10-13-7-6(8(18)14-10)12-3-15(7)9-5(17)1-4(2-16)19-9/h1,3-4,9,16-17H,2H2,(H3,11,13,14,18)/t4-,9+/m0/s1. The van der Waals surface area contributed by atoms with Crippen molar-refractivity contribution >= 4 is 17.1 Å². The van der Waals surface area contributed by atoms with Gasteiger partial charge in [0, 0.05) is 0 Å². The number of aromatic amines is 1. The van der Waals surface area contributed by atoms with Crippen molar-refractivity contribution in [3.63, 3.8) is 0 Å². The minimum absolute atomic E-state index is 0.0561. The Morgan fingerprint density at radius 1 is 1.58 bits per heavy atom. The predicted molar refractivity (Wildman–Crippen MR) is 64.3 cm³/mol. The van der Waals surface area contributed by atoms with Crippen LogP contribution in [0, 0.1) is 0 Å². The summed E-state index contributed by atoms with van der Waals surface area (Å²) in [6.45, 7) is -0.261. The molecule has 0 aromatic carbocycles.